The van der Waals surface area contributed by atoms with Crippen LogP contribution in [0, 0.1) is 0 Å². The van der Waals surface area contributed by atoms with Gasteiger partial charge < -0.3 is 14.8 Å². The number of ether oxygens (including phenoxy) is 2. The number of hydrogen-bond acceptors (Lipinski definition) is 7. The molecule has 0 saturated carbocycles. The number of pyridine rings is 1. The summed E-state index contributed by atoms with van der Waals surface area (Å²) >= 11 is 1.28. The highest BCUT2D eigenvalue weighted by molar-refractivity contribution is 8.00. The number of nitrogens with zero attached hydrogens (tertiary/aromatic N) is 3. The Morgan fingerprint density at radius 1 is 1.34 bits per heavy atom. The number of rotatable bonds is 8. The fourth-order valence-corrected chi connectivity index (χ4v) is 4.64. The minimum Gasteiger partial charge on any atom is -0.497 e. The quantitative estimate of drug-likeness (QED) is 0.411. The van der Waals surface area contributed by atoms with Crippen LogP contribution in [0.2, 0.25) is 0 Å². The molecule has 0 radical (unpaired) electrons. The average molecular weight is 455 g/mol. The minimum atomic E-state index is -0.430. The monoisotopic (exact) mass is 454 g/mol. The molecule has 1 fully saturated rings. The second-order valence-electron chi connectivity index (χ2n) is 7.55. The molecule has 1 amide bonds. The first-order valence-electron chi connectivity index (χ1n) is 10.7. The average Bonchev–Trinajstić information content (AvgIpc) is 3.33. The first kappa shape index (κ1) is 22.3. The smallest absolute Gasteiger partial charge is 0.263 e. The van der Waals surface area contributed by atoms with Gasteiger partial charge in [-0.25, -0.2) is 9.97 Å². The second kappa shape index (κ2) is 10.1. The maximum Gasteiger partial charge on any atom is 0.263 e. The SMILES string of the molecule is CC[C@H](Sc1nc2ncccc2c(=O)n1C[C@H]1CCCO1)C(=O)Nc1ccc(OC)cc1. The van der Waals surface area contributed by atoms with E-state index in [1.54, 1.807) is 54.3 Å². The molecule has 1 saturated heterocycles. The Morgan fingerprint density at radius 3 is 2.84 bits per heavy atom. The summed E-state index contributed by atoms with van der Waals surface area (Å²) in [7, 11) is 1.60. The fraction of sp³-hybridized carbons (Fsp3) is 0.391. The van der Waals surface area contributed by atoms with Crippen LogP contribution >= 0.6 is 11.8 Å². The van der Waals surface area contributed by atoms with Crippen molar-refractivity contribution in [3.05, 3.63) is 52.9 Å². The van der Waals surface area contributed by atoms with Crippen LogP contribution in [0.15, 0.2) is 52.5 Å². The number of carbonyl (C=O) groups is 1. The third-order valence-corrected chi connectivity index (χ3v) is 6.73. The summed E-state index contributed by atoms with van der Waals surface area (Å²) in [6.07, 6.45) is 4.03. The predicted molar refractivity (Wildman–Crippen MR) is 124 cm³/mol. The van der Waals surface area contributed by atoms with Crippen LogP contribution in [0.1, 0.15) is 26.2 Å². The van der Waals surface area contributed by atoms with Gasteiger partial charge >= 0.3 is 0 Å². The van der Waals surface area contributed by atoms with E-state index in [2.05, 4.69) is 15.3 Å². The molecule has 0 aliphatic carbocycles. The van der Waals surface area contributed by atoms with E-state index in [0.717, 1.165) is 18.6 Å². The molecule has 1 N–H and O–H groups in total. The van der Waals surface area contributed by atoms with Crippen molar-refractivity contribution in [2.24, 2.45) is 0 Å². The molecule has 2 atom stereocenters. The van der Waals surface area contributed by atoms with E-state index >= 15 is 0 Å². The van der Waals surface area contributed by atoms with E-state index in [1.807, 2.05) is 6.92 Å². The Morgan fingerprint density at radius 2 is 2.16 bits per heavy atom. The highest BCUT2D eigenvalue weighted by atomic mass is 32.2. The summed E-state index contributed by atoms with van der Waals surface area (Å²) < 4.78 is 12.5. The topological polar surface area (TPSA) is 95.3 Å². The number of carbonyl (C=O) groups excluding carboxylic acids is 1. The molecule has 0 unspecified atom stereocenters. The van der Waals surface area contributed by atoms with Crippen molar-refractivity contribution >= 4 is 34.4 Å². The number of fused-ring (bicyclic) bond motifs is 1. The lowest BCUT2D eigenvalue weighted by Gasteiger charge is -2.19. The van der Waals surface area contributed by atoms with E-state index in [-0.39, 0.29) is 17.6 Å². The van der Waals surface area contributed by atoms with Gasteiger partial charge in [-0.2, -0.15) is 0 Å². The largest absolute Gasteiger partial charge is 0.497 e. The predicted octanol–water partition coefficient (Wildman–Crippen LogP) is 3.49. The molecule has 2 aromatic heterocycles. The van der Waals surface area contributed by atoms with Crippen molar-refractivity contribution in [3.8, 4) is 5.75 Å². The van der Waals surface area contributed by atoms with Gasteiger partial charge in [0.2, 0.25) is 5.91 Å². The van der Waals surface area contributed by atoms with Gasteiger partial charge in [0.25, 0.3) is 5.56 Å². The molecule has 8 nitrogen and oxygen atoms in total. The van der Waals surface area contributed by atoms with Crippen LogP contribution < -0.4 is 15.6 Å². The minimum absolute atomic E-state index is 0.0313. The van der Waals surface area contributed by atoms with Gasteiger partial charge in [-0.1, -0.05) is 18.7 Å². The number of methoxy groups -OCH3 is 1. The van der Waals surface area contributed by atoms with E-state index in [9.17, 15) is 9.59 Å². The maximum atomic E-state index is 13.2. The number of anilines is 1. The molecule has 1 aliphatic heterocycles. The number of nitrogens with one attached hydrogen (secondary N) is 1. The summed E-state index contributed by atoms with van der Waals surface area (Å²) in [5.74, 6) is 0.567. The van der Waals surface area contributed by atoms with Gasteiger partial charge in [-0.3, -0.25) is 14.2 Å². The Kier molecular flexibility index (Phi) is 7.06. The van der Waals surface area contributed by atoms with Gasteiger partial charge in [0.1, 0.15) is 5.75 Å². The van der Waals surface area contributed by atoms with Crippen molar-refractivity contribution < 1.29 is 14.3 Å². The Hall–Kier alpha value is -2.91. The lowest BCUT2D eigenvalue weighted by molar-refractivity contribution is -0.115. The van der Waals surface area contributed by atoms with Crippen LogP contribution in [0.4, 0.5) is 5.69 Å². The van der Waals surface area contributed by atoms with Gasteiger partial charge in [-0.15, -0.1) is 0 Å². The third kappa shape index (κ3) is 4.94. The summed E-state index contributed by atoms with van der Waals surface area (Å²) in [5.41, 5.74) is 0.903. The Balaban J connectivity index is 1.61. The lowest BCUT2D eigenvalue weighted by Crippen LogP contribution is -2.31. The third-order valence-electron chi connectivity index (χ3n) is 5.37. The first-order valence-corrected chi connectivity index (χ1v) is 11.6. The number of aromatic nitrogens is 3. The van der Waals surface area contributed by atoms with Gasteiger partial charge in [-0.05, 0) is 55.7 Å². The van der Waals surface area contributed by atoms with Crippen LogP contribution in [-0.2, 0) is 16.1 Å². The Bertz CT molecular complexity index is 1140. The summed E-state index contributed by atoms with van der Waals surface area (Å²) in [4.78, 5) is 35.1. The molecule has 1 aromatic carbocycles. The molecule has 3 aromatic rings. The zero-order chi connectivity index (χ0) is 22.5. The molecule has 0 spiro atoms. The molecular formula is C23H26N4O4S. The van der Waals surface area contributed by atoms with Crippen molar-refractivity contribution in [2.75, 3.05) is 19.0 Å². The van der Waals surface area contributed by atoms with Crippen LogP contribution in [0.3, 0.4) is 0 Å². The molecule has 1 aliphatic rings. The van der Waals surface area contributed by atoms with Crippen LogP contribution in [-0.4, -0.2) is 45.5 Å². The standard InChI is InChI=1S/C23H26N4O4S/c1-3-19(21(28)25-15-8-10-16(30-2)11-9-15)32-23-26-20-18(7-4-12-24-20)22(29)27(23)14-17-6-5-13-31-17/h4,7-12,17,19H,3,5-6,13-14H2,1-2H3,(H,25,28)/t17-,19+/m1/s1. The zero-order valence-electron chi connectivity index (χ0n) is 18.1. The highest BCUT2D eigenvalue weighted by Gasteiger charge is 2.25. The van der Waals surface area contributed by atoms with Gasteiger partial charge in [0.05, 0.1) is 30.4 Å². The maximum absolute atomic E-state index is 13.2. The number of thioether (sulfide) groups is 1. The fourth-order valence-electron chi connectivity index (χ4n) is 3.63. The van der Waals surface area contributed by atoms with Crippen molar-refractivity contribution in [3.63, 3.8) is 0 Å². The number of benzene rings is 1. The molecule has 3 heterocycles. The molecule has 9 heteroatoms. The lowest BCUT2D eigenvalue weighted by atomic mass is 10.2. The summed E-state index contributed by atoms with van der Waals surface area (Å²) in [5, 5.41) is 3.45. The first-order chi connectivity index (χ1) is 15.6. The van der Waals surface area contributed by atoms with E-state index in [4.69, 9.17) is 9.47 Å². The number of hydrogen-bond donors (Lipinski definition) is 1. The molecule has 0 bridgehead atoms. The molecule has 32 heavy (non-hydrogen) atoms. The van der Waals surface area contributed by atoms with E-state index < -0.39 is 5.25 Å². The van der Waals surface area contributed by atoms with Crippen molar-refractivity contribution in [1.29, 1.82) is 0 Å². The van der Waals surface area contributed by atoms with Crippen LogP contribution in [0.25, 0.3) is 11.0 Å². The van der Waals surface area contributed by atoms with Gasteiger partial charge in [0.15, 0.2) is 10.8 Å². The van der Waals surface area contributed by atoms with Crippen LogP contribution in [0.5, 0.6) is 5.75 Å². The number of amides is 1. The summed E-state index contributed by atoms with van der Waals surface area (Å²) in [6, 6.07) is 10.6. The molecule has 168 valence electrons. The zero-order valence-corrected chi connectivity index (χ0v) is 18.9. The Labute approximate surface area is 190 Å². The second-order valence-corrected chi connectivity index (χ2v) is 8.72. The molecular weight excluding hydrogens is 428 g/mol. The van der Waals surface area contributed by atoms with Crippen molar-refractivity contribution in [2.45, 2.75) is 49.2 Å². The molecule has 4 rings (SSSR count). The van der Waals surface area contributed by atoms with Gasteiger partial charge in [0, 0.05) is 18.5 Å². The highest BCUT2D eigenvalue weighted by Crippen LogP contribution is 2.27. The normalized spacial score (nSPS) is 16.8. The van der Waals surface area contributed by atoms with E-state index in [0.29, 0.717) is 41.4 Å². The van der Waals surface area contributed by atoms with E-state index in [1.165, 1.54) is 11.8 Å². The van der Waals surface area contributed by atoms with Crippen molar-refractivity contribution in [1.82, 2.24) is 14.5 Å². The summed E-state index contributed by atoms with van der Waals surface area (Å²) in [6.45, 7) is 3.05.